The number of nitrogens with one attached hydrogen (secondary N) is 1. The first kappa shape index (κ1) is 21.9. The molecule has 0 fully saturated rings. The van der Waals surface area contributed by atoms with E-state index in [-0.39, 0.29) is 5.69 Å². The molecule has 1 amide bonds. The van der Waals surface area contributed by atoms with Crippen LogP contribution in [0.4, 0.5) is 18.9 Å². The molecule has 0 saturated heterocycles. The number of carbonyl (C=O) groups excluding carboxylic acids is 1. The molecule has 7 nitrogen and oxygen atoms in total. The molecule has 10 heteroatoms. The molecule has 3 rings (SSSR count). The lowest BCUT2D eigenvalue weighted by Crippen LogP contribution is -2.29. The molecular formula is C21H18F3N3O4. The average molecular weight is 433 g/mol. The molecule has 0 aliphatic heterocycles. The van der Waals surface area contributed by atoms with E-state index in [2.05, 4.69) is 10.4 Å². The standard InChI is InChI=1S/C21H18F3N3O4/c1-30-17-8-6-13(10-18(17)31-2)16-7-9-20(29)27(26-16)12-19(28)25-15-5-3-4-14(11-15)21(22,23)24/h3-11H,12H2,1-2H3,(H,25,28). The van der Waals surface area contributed by atoms with Gasteiger partial charge in [-0.05, 0) is 42.5 Å². The fourth-order valence-corrected chi connectivity index (χ4v) is 2.82. The smallest absolute Gasteiger partial charge is 0.416 e. The van der Waals surface area contributed by atoms with Crippen LogP contribution in [0.15, 0.2) is 59.4 Å². The van der Waals surface area contributed by atoms with Gasteiger partial charge in [0.25, 0.3) is 5.56 Å². The summed E-state index contributed by atoms with van der Waals surface area (Å²) in [5.41, 5.74) is -0.458. The maximum atomic E-state index is 12.8. The normalized spacial score (nSPS) is 11.1. The second kappa shape index (κ2) is 8.90. The Morgan fingerprint density at radius 1 is 1.03 bits per heavy atom. The van der Waals surface area contributed by atoms with Crippen LogP contribution in [0.25, 0.3) is 11.3 Å². The van der Waals surface area contributed by atoms with Crippen molar-refractivity contribution in [3.63, 3.8) is 0 Å². The van der Waals surface area contributed by atoms with Gasteiger partial charge in [0.15, 0.2) is 11.5 Å². The van der Waals surface area contributed by atoms with Crippen molar-refractivity contribution in [3.8, 4) is 22.8 Å². The number of aromatic nitrogens is 2. The summed E-state index contributed by atoms with van der Waals surface area (Å²) in [6.45, 7) is -0.476. The van der Waals surface area contributed by atoms with Gasteiger partial charge in [-0.2, -0.15) is 18.3 Å². The van der Waals surface area contributed by atoms with E-state index in [9.17, 15) is 22.8 Å². The Hall–Kier alpha value is -3.82. The fraction of sp³-hybridized carbons (Fsp3) is 0.190. The average Bonchev–Trinajstić information content (AvgIpc) is 2.74. The number of halogens is 3. The van der Waals surface area contributed by atoms with E-state index in [1.165, 1.54) is 38.5 Å². The number of hydrogen-bond acceptors (Lipinski definition) is 5. The number of alkyl halides is 3. The molecule has 0 radical (unpaired) electrons. The van der Waals surface area contributed by atoms with Crippen LogP contribution in [-0.2, 0) is 17.5 Å². The number of amides is 1. The van der Waals surface area contributed by atoms with Crippen LogP contribution in [0.2, 0.25) is 0 Å². The van der Waals surface area contributed by atoms with Crippen molar-refractivity contribution in [2.45, 2.75) is 12.7 Å². The third kappa shape index (κ3) is 5.21. The van der Waals surface area contributed by atoms with E-state index < -0.39 is 29.8 Å². The second-order valence-corrected chi connectivity index (χ2v) is 6.41. The minimum absolute atomic E-state index is 0.0380. The number of nitrogens with zero attached hydrogens (tertiary/aromatic N) is 2. The number of anilines is 1. The molecule has 3 aromatic rings. The molecule has 0 spiro atoms. The van der Waals surface area contributed by atoms with E-state index in [1.54, 1.807) is 18.2 Å². The number of ether oxygens (including phenoxy) is 2. The minimum atomic E-state index is -4.53. The molecule has 0 aliphatic rings. The minimum Gasteiger partial charge on any atom is -0.493 e. The van der Waals surface area contributed by atoms with Gasteiger partial charge in [0.1, 0.15) is 6.54 Å². The highest BCUT2D eigenvalue weighted by Crippen LogP contribution is 2.32. The Bertz CT molecular complexity index is 1160. The van der Waals surface area contributed by atoms with Crippen molar-refractivity contribution in [1.29, 1.82) is 0 Å². The lowest BCUT2D eigenvalue weighted by Gasteiger charge is -2.12. The van der Waals surface area contributed by atoms with Crippen LogP contribution in [0.1, 0.15) is 5.56 Å². The fourth-order valence-electron chi connectivity index (χ4n) is 2.82. The highest BCUT2D eigenvalue weighted by Gasteiger charge is 2.30. The zero-order valence-corrected chi connectivity index (χ0v) is 16.6. The molecule has 1 N–H and O–H groups in total. The summed E-state index contributed by atoms with van der Waals surface area (Å²) in [4.78, 5) is 24.4. The van der Waals surface area contributed by atoms with E-state index in [0.717, 1.165) is 16.8 Å². The van der Waals surface area contributed by atoms with Gasteiger partial charge in [-0.1, -0.05) is 6.07 Å². The summed E-state index contributed by atoms with van der Waals surface area (Å²) < 4.78 is 49.8. The molecular weight excluding hydrogens is 415 g/mol. The van der Waals surface area contributed by atoms with Crippen molar-refractivity contribution in [3.05, 3.63) is 70.5 Å². The van der Waals surface area contributed by atoms with Gasteiger partial charge < -0.3 is 14.8 Å². The Morgan fingerprint density at radius 2 is 1.77 bits per heavy atom. The predicted octanol–water partition coefficient (Wildman–Crippen LogP) is 3.59. The zero-order valence-electron chi connectivity index (χ0n) is 16.6. The van der Waals surface area contributed by atoms with Gasteiger partial charge in [0.2, 0.25) is 5.91 Å². The third-order valence-electron chi connectivity index (χ3n) is 4.31. The van der Waals surface area contributed by atoms with Crippen molar-refractivity contribution in [1.82, 2.24) is 9.78 Å². The highest BCUT2D eigenvalue weighted by molar-refractivity contribution is 5.90. The van der Waals surface area contributed by atoms with Crippen molar-refractivity contribution < 1.29 is 27.4 Å². The van der Waals surface area contributed by atoms with E-state index in [4.69, 9.17) is 9.47 Å². The molecule has 0 unspecified atom stereocenters. The molecule has 1 heterocycles. The molecule has 1 aromatic heterocycles. The van der Waals surface area contributed by atoms with Crippen molar-refractivity contribution in [2.75, 3.05) is 19.5 Å². The van der Waals surface area contributed by atoms with Crippen LogP contribution in [-0.4, -0.2) is 29.9 Å². The first-order valence-corrected chi connectivity index (χ1v) is 8.99. The molecule has 0 atom stereocenters. The number of rotatable bonds is 6. The lowest BCUT2D eigenvalue weighted by atomic mass is 10.1. The largest absolute Gasteiger partial charge is 0.493 e. The summed E-state index contributed by atoms with van der Waals surface area (Å²) >= 11 is 0. The molecule has 2 aromatic carbocycles. The van der Waals surface area contributed by atoms with Crippen LogP contribution in [0.3, 0.4) is 0 Å². The number of methoxy groups -OCH3 is 2. The second-order valence-electron chi connectivity index (χ2n) is 6.41. The summed E-state index contributed by atoms with van der Waals surface area (Å²) in [7, 11) is 2.98. The quantitative estimate of drug-likeness (QED) is 0.643. The SMILES string of the molecule is COc1ccc(-c2ccc(=O)n(CC(=O)Nc3cccc(C(F)(F)F)c3)n2)cc1OC. The van der Waals surface area contributed by atoms with Gasteiger partial charge in [-0.3, -0.25) is 9.59 Å². The molecule has 0 bridgehead atoms. The van der Waals surface area contributed by atoms with Gasteiger partial charge in [0, 0.05) is 17.3 Å². The molecule has 162 valence electrons. The van der Waals surface area contributed by atoms with Crippen molar-refractivity contribution >= 4 is 11.6 Å². The predicted molar refractivity (Wildman–Crippen MR) is 107 cm³/mol. The molecule has 31 heavy (non-hydrogen) atoms. The van der Waals surface area contributed by atoms with Gasteiger partial charge in [-0.15, -0.1) is 0 Å². The third-order valence-corrected chi connectivity index (χ3v) is 4.31. The number of benzene rings is 2. The molecule has 0 aliphatic carbocycles. The van der Waals surface area contributed by atoms with Crippen molar-refractivity contribution in [2.24, 2.45) is 0 Å². The number of carbonyl (C=O) groups is 1. The maximum Gasteiger partial charge on any atom is 0.416 e. The van der Waals surface area contributed by atoms with E-state index in [1.807, 2.05) is 0 Å². The van der Waals surface area contributed by atoms with Crippen LogP contribution in [0.5, 0.6) is 11.5 Å². The van der Waals surface area contributed by atoms with Gasteiger partial charge in [-0.25, -0.2) is 4.68 Å². The first-order valence-electron chi connectivity index (χ1n) is 8.99. The first-order chi connectivity index (χ1) is 14.7. The summed E-state index contributed by atoms with van der Waals surface area (Å²) in [5, 5.41) is 6.53. The summed E-state index contributed by atoms with van der Waals surface area (Å²) in [5.74, 6) is 0.278. The lowest BCUT2D eigenvalue weighted by molar-refractivity contribution is -0.137. The van der Waals surface area contributed by atoms with Gasteiger partial charge >= 0.3 is 6.18 Å². The Labute approximate surface area is 175 Å². The van der Waals surface area contributed by atoms with Crippen LogP contribution in [0, 0.1) is 0 Å². The monoisotopic (exact) mass is 433 g/mol. The topological polar surface area (TPSA) is 82.5 Å². The Kier molecular flexibility index (Phi) is 6.28. The van der Waals surface area contributed by atoms with Gasteiger partial charge in [0.05, 0.1) is 25.5 Å². The van der Waals surface area contributed by atoms with Crippen LogP contribution >= 0.6 is 0 Å². The summed E-state index contributed by atoms with van der Waals surface area (Å²) in [6.07, 6.45) is -4.53. The Morgan fingerprint density at radius 3 is 2.45 bits per heavy atom. The zero-order chi connectivity index (χ0) is 22.6. The summed E-state index contributed by atoms with van der Waals surface area (Å²) in [6, 6.07) is 12.0. The Balaban J connectivity index is 1.81. The van der Waals surface area contributed by atoms with E-state index in [0.29, 0.717) is 22.8 Å². The van der Waals surface area contributed by atoms with E-state index >= 15 is 0 Å². The molecule has 0 saturated carbocycles. The highest BCUT2D eigenvalue weighted by atomic mass is 19.4. The number of hydrogen-bond donors (Lipinski definition) is 1. The van der Waals surface area contributed by atoms with Crippen LogP contribution < -0.4 is 20.3 Å². The maximum absolute atomic E-state index is 12.8.